The molecule has 2 fully saturated rings. The highest BCUT2D eigenvalue weighted by Crippen LogP contribution is 2.43. The standard InChI is InChI=1S/C28H33N3O/c1-21-18-31-14-13-30(19-22-5-3-6-24(15-22)23-9-11-29-12-10-23)20-26(31)17-28(21,2)25-7-4-8-27(32)16-25/h3-12,15-16,21,26,32H,13-14,17-20H2,1-2H3/t21?,26?,28-/m1/s1. The van der Waals surface area contributed by atoms with Crippen LogP contribution in [0.5, 0.6) is 5.75 Å². The second-order valence-electron chi connectivity index (χ2n) is 9.89. The second-order valence-corrected chi connectivity index (χ2v) is 9.89. The summed E-state index contributed by atoms with van der Waals surface area (Å²) in [5.74, 6) is 0.932. The number of fused-ring (bicyclic) bond motifs is 1. The van der Waals surface area contributed by atoms with Crippen LogP contribution in [0, 0.1) is 5.92 Å². The van der Waals surface area contributed by atoms with E-state index in [-0.39, 0.29) is 5.41 Å². The normalized spacial score (nSPS) is 26.6. The molecule has 0 amide bonds. The number of pyridine rings is 1. The molecule has 4 heteroatoms. The third kappa shape index (κ3) is 4.17. The molecule has 0 spiro atoms. The molecular weight excluding hydrogens is 394 g/mol. The molecule has 32 heavy (non-hydrogen) atoms. The van der Waals surface area contributed by atoms with Gasteiger partial charge in [0.25, 0.3) is 0 Å². The molecule has 0 aliphatic carbocycles. The highest BCUT2D eigenvalue weighted by molar-refractivity contribution is 5.63. The van der Waals surface area contributed by atoms with E-state index in [9.17, 15) is 5.11 Å². The fourth-order valence-electron chi connectivity index (χ4n) is 5.69. The second kappa shape index (κ2) is 8.68. The summed E-state index contributed by atoms with van der Waals surface area (Å²) in [7, 11) is 0. The first-order valence-electron chi connectivity index (χ1n) is 11.8. The van der Waals surface area contributed by atoms with Crippen LogP contribution >= 0.6 is 0 Å². The molecule has 3 heterocycles. The Morgan fingerprint density at radius 2 is 1.78 bits per heavy atom. The van der Waals surface area contributed by atoms with Crippen molar-refractivity contribution in [2.45, 2.75) is 38.3 Å². The van der Waals surface area contributed by atoms with Crippen LogP contribution in [0.2, 0.25) is 0 Å². The summed E-state index contributed by atoms with van der Waals surface area (Å²) in [5.41, 5.74) is 5.20. The number of rotatable bonds is 4. The highest BCUT2D eigenvalue weighted by atomic mass is 16.3. The molecule has 2 unspecified atom stereocenters. The van der Waals surface area contributed by atoms with E-state index >= 15 is 0 Å². The molecule has 2 aliphatic rings. The predicted molar refractivity (Wildman–Crippen MR) is 130 cm³/mol. The Morgan fingerprint density at radius 3 is 2.59 bits per heavy atom. The zero-order chi connectivity index (χ0) is 22.1. The maximum Gasteiger partial charge on any atom is 0.115 e. The van der Waals surface area contributed by atoms with Crippen molar-refractivity contribution in [2.24, 2.45) is 5.92 Å². The van der Waals surface area contributed by atoms with Crippen molar-refractivity contribution < 1.29 is 5.11 Å². The molecule has 4 nitrogen and oxygen atoms in total. The number of phenolic OH excluding ortho intramolecular Hbond substituents is 1. The quantitative estimate of drug-likeness (QED) is 0.640. The fourth-order valence-corrected chi connectivity index (χ4v) is 5.69. The highest BCUT2D eigenvalue weighted by Gasteiger charge is 2.44. The summed E-state index contributed by atoms with van der Waals surface area (Å²) in [6.45, 7) is 10.2. The molecule has 2 saturated heterocycles. The predicted octanol–water partition coefficient (Wildman–Crippen LogP) is 4.94. The van der Waals surface area contributed by atoms with Gasteiger partial charge in [0.05, 0.1) is 0 Å². The van der Waals surface area contributed by atoms with Crippen molar-refractivity contribution in [3.05, 3.63) is 84.2 Å². The number of hydrogen-bond donors (Lipinski definition) is 1. The number of aromatic nitrogens is 1. The van der Waals surface area contributed by atoms with Crippen LogP contribution in [0.15, 0.2) is 73.1 Å². The van der Waals surface area contributed by atoms with Gasteiger partial charge in [-0.25, -0.2) is 0 Å². The van der Waals surface area contributed by atoms with Gasteiger partial charge in [-0.05, 0) is 70.3 Å². The zero-order valence-electron chi connectivity index (χ0n) is 19.1. The largest absolute Gasteiger partial charge is 0.508 e. The minimum Gasteiger partial charge on any atom is -0.508 e. The van der Waals surface area contributed by atoms with Crippen LogP contribution in [0.1, 0.15) is 31.4 Å². The lowest BCUT2D eigenvalue weighted by molar-refractivity contribution is -0.00557. The zero-order valence-corrected chi connectivity index (χ0v) is 19.1. The first kappa shape index (κ1) is 21.2. The van der Waals surface area contributed by atoms with Crippen LogP contribution in [-0.4, -0.2) is 52.1 Å². The van der Waals surface area contributed by atoms with Gasteiger partial charge in [-0.2, -0.15) is 0 Å². The maximum absolute atomic E-state index is 10.1. The van der Waals surface area contributed by atoms with E-state index in [0.717, 1.165) is 39.1 Å². The molecule has 0 saturated carbocycles. The van der Waals surface area contributed by atoms with Gasteiger partial charge >= 0.3 is 0 Å². The Hall–Kier alpha value is -2.69. The molecule has 166 valence electrons. The average molecular weight is 428 g/mol. The van der Waals surface area contributed by atoms with E-state index in [4.69, 9.17) is 0 Å². The average Bonchev–Trinajstić information content (AvgIpc) is 2.81. The third-order valence-electron chi connectivity index (χ3n) is 7.80. The van der Waals surface area contributed by atoms with Gasteiger partial charge in [-0.15, -0.1) is 0 Å². The minimum absolute atomic E-state index is 0.0875. The van der Waals surface area contributed by atoms with Crippen LogP contribution in [0.3, 0.4) is 0 Å². The minimum atomic E-state index is 0.0875. The van der Waals surface area contributed by atoms with Crippen molar-refractivity contribution in [3.63, 3.8) is 0 Å². The maximum atomic E-state index is 10.1. The van der Waals surface area contributed by atoms with Crippen LogP contribution in [0.4, 0.5) is 0 Å². The first-order valence-corrected chi connectivity index (χ1v) is 11.8. The molecular formula is C28H33N3O. The number of piperazine rings is 1. The number of phenols is 1. The van der Waals surface area contributed by atoms with Crippen molar-refractivity contribution in [3.8, 4) is 16.9 Å². The number of aromatic hydroxyl groups is 1. The summed E-state index contributed by atoms with van der Waals surface area (Å²) in [5, 5.41) is 10.1. The molecule has 1 aromatic heterocycles. The monoisotopic (exact) mass is 427 g/mol. The van der Waals surface area contributed by atoms with Gasteiger partial charge in [0.1, 0.15) is 5.75 Å². The third-order valence-corrected chi connectivity index (χ3v) is 7.80. The van der Waals surface area contributed by atoms with Crippen LogP contribution < -0.4 is 0 Å². The lowest BCUT2D eigenvalue weighted by Crippen LogP contribution is -2.60. The Balaban J connectivity index is 1.31. The topological polar surface area (TPSA) is 39.6 Å². The summed E-state index contributed by atoms with van der Waals surface area (Å²) < 4.78 is 0. The summed E-state index contributed by atoms with van der Waals surface area (Å²) in [6, 6.07) is 21.5. The van der Waals surface area contributed by atoms with Crippen molar-refractivity contribution >= 4 is 0 Å². The number of piperidine rings is 1. The van der Waals surface area contributed by atoms with E-state index < -0.39 is 0 Å². The Labute approximate surface area is 191 Å². The Kier molecular flexibility index (Phi) is 5.75. The molecule has 2 aromatic carbocycles. The van der Waals surface area contributed by atoms with Gasteiger partial charge in [0.2, 0.25) is 0 Å². The van der Waals surface area contributed by atoms with Gasteiger partial charge in [0, 0.05) is 51.2 Å². The summed E-state index contributed by atoms with van der Waals surface area (Å²) in [4.78, 5) is 9.45. The molecule has 1 N–H and O–H groups in total. The van der Waals surface area contributed by atoms with Gasteiger partial charge < -0.3 is 5.11 Å². The molecule has 5 rings (SSSR count). The molecule has 3 aromatic rings. The molecule has 0 bridgehead atoms. The SMILES string of the molecule is CC1CN2CCN(Cc3cccc(-c4ccncc4)c3)CC2C[C@@]1(C)c1cccc(O)c1. The lowest BCUT2D eigenvalue weighted by atomic mass is 9.65. The van der Waals surface area contributed by atoms with E-state index in [1.54, 1.807) is 6.07 Å². The van der Waals surface area contributed by atoms with E-state index in [1.165, 1.54) is 22.3 Å². The number of benzene rings is 2. The molecule has 3 atom stereocenters. The van der Waals surface area contributed by atoms with Gasteiger partial charge in [0.15, 0.2) is 0 Å². The fraction of sp³-hybridized carbons (Fsp3) is 0.393. The Morgan fingerprint density at radius 1 is 0.969 bits per heavy atom. The smallest absolute Gasteiger partial charge is 0.115 e. The molecule has 2 aliphatic heterocycles. The van der Waals surface area contributed by atoms with Gasteiger partial charge in [-0.3, -0.25) is 14.8 Å². The summed E-state index contributed by atoms with van der Waals surface area (Å²) in [6.07, 6.45) is 4.84. The van der Waals surface area contributed by atoms with Crippen LogP contribution in [0.25, 0.3) is 11.1 Å². The Bertz CT molecular complexity index is 1070. The van der Waals surface area contributed by atoms with Crippen molar-refractivity contribution in [2.75, 3.05) is 26.2 Å². The van der Waals surface area contributed by atoms with E-state index in [2.05, 4.69) is 71.1 Å². The van der Waals surface area contributed by atoms with Gasteiger partial charge in [-0.1, -0.05) is 44.2 Å². The summed E-state index contributed by atoms with van der Waals surface area (Å²) >= 11 is 0. The molecule has 0 radical (unpaired) electrons. The van der Waals surface area contributed by atoms with E-state index in [1.807, 2.05) is 24.5 Å². The van der Waals surface area contributed by atoms with Crippen LogP contribution in [-0.2, 0) is 12.0 Å². The number of nitrogens with zero attached hydrogens (tertiary/aromatic N) is 3. The van der Waals surface area contributed by atoms with Crippen molar-refractivity contribution in [1.29, 1.82) is 0 Å². The first-order chi connectivity index (χ1) is 15.5. The number of hydrogen-bond acceptors (Lipinski definition) is 4. The van der Waals surface area contributed by atoms with Crippen molar-refractivity contribution in [1.82, 2.24) is 14.8 Å². The lowest BCUT2D eigenvalue weighted by Gasteiger charge is -2.53. The van der Waals surface area contributed by atoms with E-state index in [0.29, 0.717) is 17.7 Å².